The molecule has 0 saturated heterocycles. The zero-order valence-corrected chi connectivity index (χ0v) is 16.9. The quantitative estimate of drug-likeness (QED) is 0.623. The molecule has 0 bridgehead atoms. The van der Waals surface area contributed by atoms with Crippen LogP contribution in [0, 0.1) is 17.3 Å². The highest BCUT2D eigenvalue weighted by molar-refractivity contribution is 6.01. The van der Waals surface area contributed by atoms with Gasteiger partial charge in [-0.2, -0.15) is 0 Å². The Kier molecular flexibility index (Phi) is 5.15. The molecule has 3 aliphatic rings. The number of carbonyl (C=O) groups is 1. The first kappa shape index (κ1) is 19.4. The fourth-order valence-corrected chi connectivity index (χ4v) is 5.57. The summed E-state index contributed by atoms with van der Waals surface area (Å²) in [6.45, 7) is 6.99. The van der Waals surface area contributed by atoms with Crippen molar-refractivity contribution in [2.45, 2.75) is 45.1 Å². The molecule has 0 heterocycles. The number of methoxy groups -OCH3 is 1. The minimum Gasteiger partial charge on any atom is -0.384 e. The van der Waals surface area contributed by atoms with E-state index in [1.165, 1.54) is 16.7 Å². The molecule has 1 fully saturated rings. The molecule has 1 N–H and O–H groups in total. The van der Waals surface area contributed by atoms with Gasteiger partial charge < -0.3 is 9.84 Å². The highest BCUT2D eigenvalue weighted by Gasteiger charge is 2.47. The smallest absolute Gasteiger partial charge is 0.191 e. The molecular formula is C25H30O3. The summed E-state index contributed by atoms with van der Waals surface area (Å²) in [5.41, 5.74) is 4.93. The summed E-state index contributed by atoms with van der Waals surface area (Å²) in [6, 6.07) is 10.3. The molecule has 28 heavy (non-hydrogen) atoms. The lowest BCUT2D eigenvalue weighted by Crippen LogP contribution is -2.35. The van der Waals surface area contributed by atoms with Crippen LogP contribution in [0.25, 0.3) is 0 Å². The summed E-state index contributed by atoms with van der Waals surface area (Å²) in [5.74, 6) is 0.201. The van der Waals surface area contributed by atoms with Gasteiger partial charge in [-0.05, 0) is 48.8 Å². The summed E-state index contributed by atoms with van der Waals surface area (Å²) in [6.07, 6.45) is 5.87. The number of rotatable bonds is 4. The molecule has 1 aromatic rings. The molecule has 3 heteroatoms. The molecule has 0 spiro atoms. The van der Waals surface area contributed by atoms with E-state index in [9.17, 15) is 9.90 Å². The molecule has 3 nitrogen and oxygen atoms in total. The van der Waals surface area contributed by atoms with E-state index in [2.05, 4.69) is 31.7 Å². The summed E-state index contributed by atoms with van der Waals surface area (Å²) in [5, 5.41) is 11.1. The Hall–Kier alpha value is -1.97. The van der Waals surface area contributed by atoms with Crippen molar-refractivity contribution in [3.63, 3.8) is 0 Å². The first-order chi connectivity index (χ1) is 13.4. The van der Waals surface area contributed by atoms with Crippen molar-refractivity contribution in [3.8, 4) is 0 Å². The monoisotopic (exact) mass is 378 g/mol. The van der Waals surface area contributed by atoms with Crippen LogP contribution in [-0.2, 0) is 16.0 Å². The summed E-state index contributed by atoms with van der Waals surface area (Å²) < 4.78 is 5.46. The van der Waals surface area contributed by atoms with Crippen molar-refractivity contribution in [2.24, 2.45) is 17.3 Å². The zero-order chi connectivity index (χ0) is 19.9. The highest BCUT2D eigenvalue weighted by Crippen LogP contribution is 2.53. The molecule has 4 rings (SSSR count). The molecule has 3 aliphatic carbocycles. The average molecular weight is 379 g/mol. The third kappa shape index (κ3) is 3.21. The molecule has 4 atom stereocenters. The average Bonchev–Trinajstić information content (AvgIpc) is 3.22. The Bertz CT molecular complexity index is 848. The standard InChI is InChI=1S/C25H30O3/c1-16-20-10-9-19(15-28-3)21(20)14-25(2)12-11-18(22(25)24(27)23(16)26)13-17-7-5-4-6-8-17/h4-8,14,19-20,24,27H,1,9-13,15H2,2-3H3/b21-14-/t19-,20?,24-,25-/m1/s1. The fraction of sp³-hybridized carbons (Fsp3) is 0.480. The van der Waals surface area contributed by atoms with Gasteiger partial charge in [-0.15, -0.1) is 0 Å². The van der Waals surface area contributed by atoms with E-state index >= 15 is 0 Å². The Balaban J connectivity index is 1.80. The van der Waals surface area contributed by atoms with Gasteiger partial charge >= 0.3 is 0 Å². The fourth-order valence-electron chi connectivity index (χ4n) is 5.57. The molecule has 1 aromatic carbocycles. The Morgan fingerprint density at radius 1 is 1.25 bits per heavy atom. The third-order valence-electron chi connectivity index (χ3n) is 6.99. The first-order valence-corrected chi connectivity index (χ1v) is 10.3. The van der Waals surface area contributed by atoms with E-state index in [1.54, 1.807) is 7.11 Å². The zero-order valence-electron chi connectivity index (χ0n) is 16.9. The summed E-state index contributed by atoms with van der Waals surface area (Å²) in [4.78, 5) is 13.1. The number of carbonyl (C=O) groups excluding carboxylic acids is 1. The molecule has 0 radical (unpaired) electrons. The molecule has 0 amide bonds. The van der Waals surface area contributed by atoms with E-state index in [0.717, 1.165) is 37.7 Å². The van der Waals surface area contributed by atoms with Crippen LogP contribution in [0.4, 0.5) is 0 Å². The van der Waals surface area contributed by atoms with Crippen LogP contribution in [0.3, 0.4) is 0 Å². The maximum Gasteiger partial charge on any atom is 0.191 e. The topological polar surface area (TPSA) is 46.5 Å². The molecule has 0 aliphatic heterocycles. The van der Waals surface area contributed by atoms with Crippen LogP contribution >= 0.6 is 0 Å². The molecule has 0 aromatic heterocycles. The van der Waals surface area contributed by atoms with Crippen LogP contribution in [0.5, 0.6) is 0 Å². The Morgan fingerprint density at radius 2 is 2.00 bits per heavy atom. The van der Waals surface area contributed by atoms with E-state index in [1.807, 2.05) is 18.2 Å². The number of ketones is 1. The number of ether oxygens (including phenoxy) is 1. The van der Waals surface area contributed by atoms with Crippen LogP contribution < -0.4 is 0 Å². The third-order valence-corrected chi connectivity index (χ3v) is 6.99. The Morgan fingerprint density at radius 3 is 2.71 bits per heavy atom. The number of hydrogen-bond acceptors (Lipinski definition) is 3. The van der Waals surface area contributed by atoms with Gasteiger partial charge in [0.1, 0.15) is 6.10 Å². The van der Waals surface area contributed by atoms with Crippen LogP contribution in [0.15, 0.2) is 65.3 Å². The lowest BCUT2D eigenvalue weighted by molar-refractivity contribution is -0.122. The lowest BCUT2D eigenvalue weighted by atomic mass is 9.71. The van der Waals surface area contributed by atoms with Crippen molar-refractivity contribution in [3.05, 3.63) is 70.8 Å². The second kappa shape index (κ2) is 7.46. The molecule has 1 saturated carbocycles. The van der Waals surface area contributed by atoms with Gasteiger partial charge in [-0.3, -0.25) is 4.79 Å². The SMILES string of the molecule is C=C1C(=O)[C@H](O)C2=C(Cc3ccccc3)CC[C@]2(C)/C=C2\C1CC[C@@H]2COC. The maximum absolute atomic E-state index is 13.1. The summed E-state index contributed by atoms with van der Waals surface area (Å²) in [7, 11) is 1.74. The van der Waals surface area contributed by atoms with E-state index in [0.29, 0.717) is 18.1 Å². The van der Waals surface area contributed by atoms with Gasteiger partial charge in [0.25, 0.3) is 0 Å². The number of allylic oxidation sites excluding steroid dienone is 2. The normalized spacial score (nSPS) is 34.5. The molecule has 148 valence electrons. The predicted molar refractivity (Wildman–Crippen MR) is 111 cm³/mol. The van der Waals surface area contributed by atoms with Crippen molar-refractivity contribution in [2.75, 3.05) is 13.7 Å². The van der Waals surface area contributed by atoms with E-state index in [4.69, 9.17) is 4.74 Å². The Labute approximate surface area is 167 Å². The van der Waals surface area contributed by atoms with Gasteiger partial charge in [0.05, 0.1) is 6.61 Å². The van der Waals surface area contributed by atoms with Crippen molar-refractivity contribution in [1.82, 2.24) is 0 Å². The molecule has 1 unspecified atom stereocenters. The predicted octanol–water partition coefficient (Wildman–Crippen LogP) is 4.42. The van der Waals surface area contributed by atoms with Gasteiger partial charge in [-0.1, -0.05) is 61.1 Å². The second-order valence-corrected chi connectivity index (χ2v) is 8.82. The first-order valence-electron chi connectivity index (χ1n) is 10.3. The number of benzene rings is 1. The van der Waals surface area contributed by atoms with Gasteiger partial charge in [0, 0.05) is 24.4 Å². The van der Waals surface area contributed by atoms with Gasteiger partial charge in [0.15, 0.2) is 5.78 Å². The highest BCUT2D eigenvalue weighted by atomic mass is 16.5. The minimum atomic E-state index is -1.07. The van der Waals surface area contributed by atoms with E-state index in [-0.39, 0.29) is 17.1 Å². The van der Waals surface area contributed by atoms with Gasteiger partial charge in [0.2, 0.25) is 0 Å². The lowest BCUT2D eigenvalue weighted by Gasteiger charge is -2.34. The molecular weight excluding hydrogens is 348 g/mol. The van der Waals surface area contributed by atoms with Crippen molar-refractivity contribution in [1.29, 1.82) is 0 Å². The minimum absolute atomic E-state index is 0.0545. The number of fused-ring (bicyclic) bond motifs is 2. The number of hydrogen-bond donors (Lipinski definition) is 1. The van der Waals surface area contributed by atoms with E-state index < -0.39 is 6.10 Å². The van der Waals surface area contributed by atoms with Crippen LogP contribution in [0.1, 0.15) is 38.2 Å². The summed E-state index contributed by atoms with van der Waals surface area (Å²) >= 11 is 0. The van der Waals surface area contributed by atoms with Gasteiger partial charge in [-0.25, -0.2) is 0 Å². The maximum atomic E-state index is 13.1. The van der Waals surface area contributed by atoms with Crippen molar-refractivity contribution >= 4 is 5.78 Å². The van der Waals surface area contributed by atoms with Crippen LogP contribution in [0.2, 0.25) is 0 Å². The second-order valence-electron chi connectivity index (χ2n) is 8.82. The number of Topliss-reactive ketones (excluding diaryl/α,β-unsaturated/α-hetero) is 1. The number of aliphatic hydroxyl groups is 1. The van der Waals surface area contributed by atoms with Crippen LogP contribution in [-0.4, -0.2) is 30.7 Å². The van der Waals surface area contributed by atoms with Crippen molar-refractivity contribution < 1.29 is 14.6 Å². The largest absolute Gasteiger partial charge is 0.384 e. The number of aliphatic hydroxyl groups excluding tert-OH is 1.